The molecule has 1 aromatic carbocycles. The van der Waals surface area contributed by atoms with Crippen molar-refractivity contribution in [2.24, 2.45) is 11.7 Å². The second-order valence-corrected chi connectivity index (χ2v) is 7.06. The van der Waals surface area contributed by atoms with Gasteiger partial charge in [0.1, 0.15) is 0 Å². The molecule has 1 aromatic rings. The number of hydrogen-bond donors (Lipinski definition) is 1. The fourth-order valence-electron chi connectivity index (χ4n) is 2.36. The Bertz CT molecular complexity index is 656. The van der Waals surface area contributed by atoms with E-state index in [0.717, 1.165) is 28.6 Å². The molecule has 1 saturated heterocycles. The van der Waals surface area contributed by atoms with E-state index >= 15 is 0 Å². The van der Waals surface area contributed by atoms with Crippen LogP contribution < -0.4 is 5.73 Å². The average molecular weight is 336 g/mol. The van der Waals surface area contributed by atoms with Crippen LogP contribution in [-0.4, -0.2) is 31.7 Å². The summed E-state index contributed by atoms with van der Waals surface area (Å²) in [5.74, 6) is -1.15. The first kappa shape index (κ1) is 16.8. The summed E-state index contributed by atoms with van der Waals surface area (Å²) in [5.41, 5.74) is 4.28. The highest BCUT2D eigenvalue weighted by molar-refractivity contribution is 7.89. The summed E-state index contributed by atoms with van der Waals surface area (Å²) in [6.45, 7) is 0.172. The molecule has 1 atom stereocenters. The van der Waals surface area contributed by atoms with Crippen molar-refractivity contribution in [3.63, 3.8) is 0 Å². The van der Waals surface area contributed by atoms with Gasteiger partial charge in [0.2, 0.25) is 15.9 Å². The Morgan fingerprint density at radius 1 is 1.23 bits per heavy atom. The Morgan fingerprint density at radius 2 is 1.82 bits per heavy atom. The molecule has 1 aliphatic heterocycles. The van der Waals surface area contributed by atoms with Gasteiger partial charge in [-0.2, -0.15) is 17.5 Å². The summed E-state index contributed by atoms with van der Waals surface area (Å²) >= 11 is 0. The van der Waals surface area contributed by atoms with Crippen LogP contribution in [0.2, 0.25) is 0 Å². The highest BCUT2D eigenvalue weighted by Gasteiger charge is 2.34. The largest absolute Gasteiger partial charge is 0.416 e. The van der Waals surface area contributed by atoms with Gasteiger partial charge in [0.25, 0.3) is 0 Å². The number of nitrogens with two attached hydrogens (primary N) is 1. The maximum atomic E-state index is 12.5. The Balaban J connectivity index is 2.25. The molecule has 9 heteroatoms. The molecule has 2 N–H and O–H groups in total. The lowest BCUT2D eigenvalue weighted by molar-refractivity contribution is -0.137. The Morgan fingerprint density at radius 3 is 2.32 bits per heavy atom. The maximum Gasteiger partial charge on any atom is 0.416 e. The first-order valence-electron chi connectivity index (χ1n) is 6.59. The third-order valence-electron chi connectivity index (χ3n) is 3.61. The predicted octanol–water partition coefficient (Wildman–Crippen LogP) is 1.59. The maximum absolute atomic E-state index is 12.5. The molecule has 0 aliphatic carbocycles. The fraction of sp³-hybridized carbons (Fsp3) is 0.462. The van der Waals surface area contributed by atoms with Crippen molar-refractivity contribution >= 4 is 15.9 Å². The number of amides is 1. The lowest BCUT2D eigenvalue weighted by atomic mass is 9.99. The van der Waals surface area contributed by atoms with Crippen molar-refractivity contribution < 1.29 is 26.4 Å². The number of primary amides is 1. The molecule has 22 heavy (non-hydrogen) atoms. The van der Waals surface area contributed by atoms with Crippen molar-refractivity contribution in [2.75, 3.05) is 13.1 Å². The SMILES string of the molecule is NC(=O)[C@H]1CCCN(S(=O)(=O)c2ccc(C(F)(F)F)cc2)C1. The van der Waals surface area contributed by atoms with E-state index < -0.39 is 33.6 Å². The standard InChI is InChI=1S/C13H15F3N2O3S/c14-13(15,16)10-3-5-11(6-4-10)22(20,21)18-7-1-2-9(8-18)12(17)19/h3-6,9H,1-2,7-8H2,(H2,17,19)/t9-/m0/s1. The minimum atomic E-state index is -4.52. The van der Waals surface area contributed by atoms with E-state index in [9.17, 15) is 26.4 Å². The molecule has 1 amide bonds. The first-order chi connectivity index (χ1) is 10.1. The normalized spacial score (nSPS) is 20.8. The van der Waals surface area contributed by atoms with Gasteiger partial charge in [-0.3, -0.25) is 4.79 Å². The van der Waals surface area contributed by atoms with Gasteiger partial charge in [0, 0.05) is 13.1 Å². The smallest absolute Gasteiger partial charge is 0.369 e. The van der Waals surface area contributed by atoms with Gasteiger partial charge in [-0.05, 0) is 37.1 Å². The van der Waals surface area contributed by atoms with Crippen LogP contribution in [0.3, 0.4) is 0 Å². The monoisotopic (exact) mass is 336 g/mol. The van der Waals surface area contributed by atoms with Crippen molar-refractivity contribution in [2.45, 2.75) is 23.9 Å². The number of carbonyl (C=O) groups excluding carboxylic acids is 1. The topological polar surface area (TPSA) is 80.5 Å². The van der Waals surface area contributed by atoms with Crippen molar-refractivity contribution in [3.8, 4) is 0 Å². The van der Waals surface area contributed by atoms with E-state index in [-0.39, 0.29) is 18.0 Å². The molecule has 0 radical (unpaired) electrons. The van der Waals surface area contributed by atoms with E-state index in [4.69, 9.17) is 5.73 Å². The second-order valence-electron chi connectivity index (χ2n) is 5.13. The number of benzene rings is 1. The van der Waals surface area contributed by atoms with Crippen LogP contribution >= 0.6 is 0 Å². The van der Waals surface area contributed by atoms with Gasteiger partial charge in [0.05, 0.1) is 16.4 Å². The minimum absolute atomic E-state index is 0.0430. The van der Waals surface area contributed by atoms with Gasteiger partial charge >= 0.3 is 6.18 Å². The van der Waals surface area contributed by atoms with E-state index in [1.165, 1.54) is 0 Å². The number of rotatable bonds is 3. The minimum Gasteiger partial charge on any atom is -0.369 e. The molecule has 0 unspecified atom stereocenters. The molecular formula is C13H15F3N2O3S. The molecule has 5 nitrogen and oxygen atoms in total. The van der Waals surface area contributed by atoms with E-state index in [0.29, 0.717) is 12.8 Å². The molecule has 0 aromatic heterocycles. The summed E-state index contributed by atoms with van der Waals surface area (Å²) < 4.78 is 63.4. The number of alkyl halides is 3. The van der Waals surface area contributed by atoms with Crippen LogP contribution in [0.15, 0.2) is 29.2 Å². The van der Waals surface area contributed by atoms with E-state index in [1.807, 2.05) is 0 Å². The lowest BCUT2D eigenvalue weighted by Gasteiger charge is -2.30. The highest BCUT2D eigenvalue weighted by Crippen LogP contribution is 2.30. The first-order valence-corrected chi connectivity index (χ1v) is 8.03. The summed E-state index contributed by atoms with van der Waals surface area (Å²) in [6, 6.07) is 3.29. The summed E-state index contributed by atoms with van der Waals surface area (Å²) in [4.78, 5) is 11.0. The summed E-state index contributed by atoms with van der Waals surface area (Å²) in [6.07, 6.45) is -3.54. The van der Waals surface area contributed by atoms with Crippen molar-refractivity contribution in [1.82, 2.24) is 4.31 Å². The fourth-order valence-corrected chi connectivity index (χ4v) is 3.88. The number of nitrogens with zero attached hydrogens (tertiary/aromatic N) is 1. The number of carbonyl (C=O) groups is 1. The Hall–Kier alpha value is -1.61. The van der Waals surface area contributed by atoms with E-state index in [1.54, 1.807) is 0 Å². The van der Waals surface area contributed by atoms with Gasteiger partial charge in [-0.1, -0.05) is 0 Å². The number of sulfonamides is 1. The average Bonchev–Trinajstić information content (AvgIpc) is 2.46. The van der Waals surface area contributed by atoms with Crippen molar-refractivity contribution in [1.29, 1.82) is 0 Å². The van der Waals surface area contributed by atoms with Gasteiger partial charge in [-0.15, -0.1) is 0 Å². The highest BCUT2D eigenvalue weighted by atomic mass is 32.2. The van der Waals surface area contributed by atoms with Crippen LogP contribution in [0.25, 0.3) is 0 Å². The molecule has 1 aliphatic rings. The second kappa shape index (κ2) is 5.88. The van der Waals surface area contributed by atoms with Gasteiger partial charge in [-0.25, -0.2) is 8.42 Å². The van der Waals surface area contributed by atoms with Crippen LogP contribution in [0.1, 0.15) is 18.4 Å². The molecule has 0 spiro atoms. The lowest BCUT2D eigenvalue weighted by Crippen LogP contribution is -2.44. The zero-order valence-electron chi connectivity index (χ0n) is 11.5. The molecule has 1 heterocycles. The quantitative estimate of drug-likeness (QED) is 0.910. The van der Waals surface area contributed by atoms with E-state index in [2.05, 4.69) is 0 Å². The zero-order chi connectivity index (χ0) is 16.5. The predicted molar refractivity (Wildman–Crippen MR) is 72.1 cm³/mol. The number of hydrogen-bond acceptors (Lipinski definition) is 3. The Kier molecular flexibility index (Phi) is 4.48. The van der Waals surface area contributed by atoms with Crippen molar-refractivity contribution in [3.05, 3.63) is 29.8 Å². The molecule has 0 saturated carbocycles. The summed E-state index contributed by atoms with van der Waals surface area (Å²) in [5, 5.41) is 0. The summed E-state index contributed by atoms with van der Waals surface area (Å²) in [7, 11) is -3.93. The molecule has 1 fully saturated rings. The van der Waals surface area contributed by atoms with Crippen LogP contribution in [0.4, 0.5) is 13.2 Å². The third-order valence-corrected chi connectivity index (χ3v) is 5.49. The molecule has 2 rings (SSSR count). The Labute approximate surface area is 125 Å². The molecule has 0 bridgehead atoms. The molecule has 122 valence electrons. The van der Waals surface area contributed by atoms with Gasteiger partial charge in [0.15, 0.2) is 0 Å². The third kappa shape index (κ3) is 3.41. The van der Waals surface area contributed by atoms with Crippen LogP contribution in [-0.2, 0) is 21.0 Å². The number of piperidine rings is 1. The van der Waals surface area contributed by atoms with Crippen LogP contribution in [0, 0.1) is 5.92 Å². The van der Waals surface area contributed by atoms with Gasteiger partial charge < -0.3 is 5.73 Å². The van der Waals surface area contributed by atoms with Crippen LogP contribution in [0.5, 0.6) is 0 Å². The molecular weight excluding hydrogens is 321 g/mol. The number of halogens is 3. The zero-order valence-corrected chi connectivity index (χ0v) is 12.3.